The van der Waals surface area contributed by atoms with Crippen LogP contribution in [0.25, 0.3) is 22.8 Å². The third-order valence-electron chi connectivity index (χ3n) is 7.47. The van der Waals surface area contributed by atoms with Crippen LogP contribution in [0.1, 0.15) is 25.0 Å². The van der Waals surface area contributed by atoms with Crippen molar-refractivity contribution in [3.8, 4) is 74.6 Å². The summed E-state index contributed by atoms with van der Waals surface area (Å²) in [6.45, 7) is 4.05. The highest BCUT2D eigenvalue weighted by molar-refractivity contribution is 5.96. The molecule has 1 aromatic heterocycles. The number of nitrogens with zero attached hydrogens (tertiary/aromatic N) is 3. The molecule has 0 radical (unpaired) electrons. The van der Waals surface area contributed by atoms with E-state index in [2.05, 4.69) is 10.1 Å². The van der Waals surface area contributed by atoms with Crippen LogP contribution in [-0.4, -0.2) is 56.1 Å². The number of hydrogen-bond donors (Lipinski definition) is 9. The molecule has 4 aromatic carbocycles. The molecule has 42 heavy (non-hydrogen) atoms. The maximum atomic E-state index is 11.3. The Bertz CT molecular complexity index is 1820. The van der Waals surface area contributed by atoms with E-state index in [1.807, 2.05) is 38.1 Å². The number of phenolic OH excluding ortho intramolecular Hbond substituents is 9. The molecule has 13 nitrogen and oxygen atoms in total. The molecule has 0 fully saturated rings. The van der Waals surface area contributed by atoms with Crippen LogP contribution in [0.15, 0.2) is 53.1 Å². The Kier molecular flexibility index (Phi) is 5.48. The summed E-state index contributed by atoms with van der Waals surface area (Å²) in [4.78, 5) is 5.37. The monoisotopic (exact) mass is 573 g/mol. The van der Waals surface area contributed by atoms with Crippen molar-refractivity contribution >= 4 is 17.1 Å². The molecule has 0 aliphatic carbocycles. The summed E-state index contributed by atoms with van der Waals surface area (Å²) in [5.41, 5.74) is 0.548. The van der Waals surface area contributed by atoms with Crippen molar-refractivity contribution < 1.29 is 50.5 Å². The highest BCUT2D eigenvalue weighted by Gasteiger charge is 2.40. The average Bonchev–Trinajstić information content (AvgIpc) is 3.45. The Morgan fingerprint density at radius 3 is 1.50 bits per heavy atom. The maximum Gasteiger partial charge on any atom is 0.266 e. The molecule has 0 atom stereocenters. The van der Waals surface area contributed by atoms with Gasteiger partial charge in [-0.2, -0.15) is 4.98 Å². The Hall–Kier alpha value is -5.98. The minimum absolute atomic E-state index is 0.337. The van der Waals surface area contributed by atoms with Crippen LogP contribution in [0.2, 0.25) is 0 Å². The summed E-state index contributed by atoms with van der Waals surface area (Å²) in [5, 5.41) is 98.0. The minimum atomic E-state index is -1.21. The molecule has 13 heteroatoms. The van der Waals surface area contributed by atoms with Crippen molar-refractivity contribution in [3.63, 3.8) is 0 Å². The number of para-hydroxylation sites is 2. The summed E-state index contributed by atoms with van der Waals surface area (Å²) >= 11 is 0. The minimum Gasteiger partial charge on any atom is -0.504 e. The molecule has 0 amide bonds. The van der Waals surface area contributed by atoms with E-state index in [0.717, 1.165) is 11.1 Å². The van der Waals surface area contributed by atoms with E-state index in [1.54, 1.807) is 24.3 Å². The molecular weight excluding hydrogens is 550 g/mol. The predicted molar refractivity (Wildman–Crippen MR) is 147 cm³/mol. The second-order valence-electron chi connectivity index (χ2n) is 10.2. The van der Waals surface area contributed by atoms with Gasteiger partial charge in [-0.3, -0.25) is 0 Å². The molecule has 9 N–H and O–H groups in total. The zero-order valence-corrected chi connectivity index (χ0v) is 21.9. The smallest absolute Gasteiger partial charge is 0.266 e. The molecule has 0 unspecified atom stereocenters. The standard InChI is InChI=1S/C29H23N3O10/c1-29(2)11-7-3-5-9-13(11)32(14-10-6-4-8-12(14)29)17-22(37)18(33)15(19(34)23(17)38)27-30-28(42-31-27)16-20(35)24(39)26(41)25(40)21(16)36/h3-10,33-41H,1-2H3. The number of aromatic nitrogens is 2. The molecule has 214 valence electrons. The summed E-state index contributed by atoms with van der Waals surface area (Å²) in [6.07, 6.45) is 0. The summed E-state index contributed by atoms with van der Waals surface area (Å²) in [6, 6.07) is 14.5. The Balaban J connectivity index is 1.55. The first kappa shape index (κ1) is 26.3. The fraction of sp³-hybridized carbons (Fsp3) is 0.103. The van der Waals surface area contributed by atoms with Gasteiger partial charge in [-0.1, -0.05) is 55.4 Å². The van der Waals surface area contributed by atoms with E-state index in [-0.39, 0.29) is 5.69 Å². The molecule has 5 aromatic rings. The van der Waals surface area contributed by atoms with Crippen LogP contribution in [-0.2, 0) is 5.41 Å². The molecule has 2 heterocycles. The summed E-state index contributed by atoms with van der Waals surface area (Å²) in [7, 11) is 0. The van der Waals surface area contributed by atoms with Crippen molar-refractivity contribution in [3.05, 3.63) is 59.7 Å². The first-order valence-corrected chi connectivity index (χ1v) is 12.4. The molecule has 1 aliphatic rings. The van der Waals surface area contributed by atoms with Crippen LogP contribution in [0.4, 0.5) is 17.1 Å². The highest BCUT2D eigenvalue weighted by Crippen LogP contribution is 2.61. The lowest BCUT2D eigenvalue weighted by Gasteiger charge is -2.42. The van der Waals surface area contributed by atoms with Crippen molar-refractivity contribution in [2.45, 2.75) is 19.3 Å². The fourth-order valence-corrected chi connectivity index (χ4v) is 5.33. The van der Waals surface area contributed by atoms with Crippen molar-refractivity contribution in [2.24, 2.45) is 0 Å². The van der Waals surface area contributed by atoms with Gasteiger partial charge in [0.15, 0.2) is 34.5 Å². The highest BCUT2D eigenvalue weighted by atomic mass is 16.5. The Morgan fingerprint density at radius 1 is 0.571 bits per heavy atom. The van der Waals surface area contributed by atoms with Gasteiger partial charge in [0.2, 0.25) is 23.1 Å². The maximum absolute atomic E-state index is 11.3. The molecule has 0 saturated carbocycles. The third-order valence-corrected chi connectivity index (χ3v) is 7.47. The molecule has 0 saturated heterocycles. The van der Waals surface area contributed by atoms with Crippen LogP contribution < -0.4 is 4.90 Å². The third kappa shape index (κ3) is 3.36. The van der Waals surface area contributed by atoms with Crippen LogP contribution in [0.5, 0.6) is 51.7 Å². The zero-order chi connectivity index (χ0) is 30.2. The van der Waals surface area contributed by atoms with Crippen molar-refractivity contribution in [1.29, 1.82) is 0 Å². The molecule has 0 spiro atoms. The van der Waals surface area contributed by atoms with Crippen LogP contribution in [0, 0.1) is 0 Å². The van der Waals surface area contributed by atoms with E-state index in [9.17, 15) is 46.0 Å². The molecular formula is C29H23N3O10. The molecule has 6 rings (SSSR count). The van der Waals surface area contributed by atoms with Gasteiger partial charge in [-0.05, 0) is 23.3 Å². The number of rotatable bonds is 3. The van der Waals surface area contributed by atoms with Crippen LogP contribution in [0.3, 0.4) is 0 Å². The van der Waals surface area contributed by atoms with Crippen molar-refractivity contribution in [2.75, 3.05) is 4.90 Å². The number of phenols is 9. The lowest BCUT2D eigenvalue weighted by molar-refractivity contribution is 0.327. The van der Waals surface area contributed by atoms with E-state index in [4.69, 9.17) is 4.52 Å². The van der Waals surface area contributed by atoms with Gasteiger partial charge in [-0.25, -0.2) is 0 Å². The van der Waals surface area contributed by atoms with Gasteiger partial charge in [0.05, 0.1) is 11.4 Å². The van der Waals surface area contributed by atoms with Gasteiger partial charge in [-0.15, -0.1) is 0 Å². The van der Waals surface area contributed by atoms with Gasteiger partial charge in [0.1, 0.15) is 16.8 Å². The predicted octanol–water partition coefficient (Wildman–Crippen LogP) is 4.86. The lowest BCUT2D eigenvalue weighted by atomic mass is 9.73. The average molecular weight is 574 g/mol. The van der Waals surface area contributed by atoms with E-state index >= 15 is 0 Å². The second-order valence-corrected chi connectivity index (χ2v) is 10.2. The van der Waals surface area contributed by atoms with Gasteiger partial charge >= 0.3 is 0 Å². The van der Waals surface area contributed by atoms with Crippen molar-refractivity contribution in [1.82, 2.24) is 10.1 Å². The van der Waals surface area contributed by atoms with Gasteiger partial charge < -0.3 is 55.4 Å². The SMILES string of the molecule is CC1(C)c2ccccc2N(c2c(O)c(O)c(-c3noc(-c4c(O)c(O)c(O)c(O)c4O)n3)c(O)c2O)c2ccccc21. The number of hydrogen-bond acceptors (Lipinski definition) is 13. The summed E-state index contributed by atoms with van der Waals surface area (Å²) < 4.78 is 4.99. The first-order valence-electron chi connectivity index (χ1n) is 12.4. The van der Waals surface area contributed by atoms with Gasteiger partial charge in [0, 0.05) is 5.41 Å². The number of aromatic hydroxyl groups is 9. The normalized spacial score (nSPS) is 13.5. The fourth-order valence-electron chi connectivity index (χ4n) is 5.33. The van der Waals surface area contributed by atoms with Crippen LogP contribution >= 0.6 is 0 Å². The quantitative estimate of drug-likeness (QED) is 0.104. The lowest BCUT2D eigenvalue weighted by Crippen LogP contribution is -2.30. The largest absolute Gasteiger partial charge is 0.504 e. The molecule has 0 bridgehead atoms. The van der Waals surface area contributed by atoms with Gasteiger partial charge in [0.25, 0.3) is 5.89 Å². The summed E-state index contributed by atoms with van der Waals surface area (Å²) in [5.74, 6) is -10.8. The molecule has 1 aliphatic heterocycles. The second kappa shape index (κ2) is 8.76. The topological polar surface area (TPSA) is 224 Å². The number of benzene rings is 4. The Labute approximate surface area is 236 Å². The zero-order valence-electron chi connectivity index (χ0n) is 21.9. The number of fused-ring (bicyclic) bond motifs is 2. The first-order chi connectivity index (χ1) is 19.9. The van der Waals surface area contributed by atoms with E-state index in [1.165, 1.54) is 4.90 Å². The van der Waals surface area contributed by atoms with E-state index in [0.29, 0.717) is 11.4 Å². The van der Waals surface area contributed by atoms with E-state index < -0.39 is 80.0 Å². The Morgan fingerprint density at radius 2 is 1.00 bits per heavy atom. The number of anilines is 3.